The highest BCUT2D eigenvalue weighted by Crippen LogP contribution is 2.59. The van der Waals surface area contributed by atoms with Crippen molar-refractivity contribution in [2.75, 3.05) is 6.54 Å². The first kappa shape index (κ1) is 36.3. The van der Waals surface area contributed by atoms with Gasteiger partial charge in [0.05, 0.1) is 24.4 Å². The monoisotopic (exact) mass is 711 g/mol. The van der Waals surface area contributed by atoms with Gasteiger partial charge in [-0.05, 0) is 95.3 Å². The Morgan fingerprint density at radius 3 is 2.45 bits per heavy atom. The zero-order chi connectivity index (χ0) is 36.0. The summed E-state index contributed by atoms with van der Waals surface area (Å²) >= 11 is 0. The summed E-state index contributed by atoms with van der Waals surface area (Å²) in [5, 5.41) is 33.8. The minimum atomic E-state index is -1.14. The molecule has 0 unspecified atom stereocenters. The predicted octanol–water partition coefficient (Wildman–Crippen LogP) is 6.61. The second-order valence-electron chi connectivity index (χ2n) is 18.3. The zero-order valence-corrected chi connectivity index (χ0v) is 31.2. The molecule has 51 heavy (non-hydrogen) atoms. The summed E-state index contributed by atoms with van der Waals surface area (Å²) in [5.74, 6) is -3.50. The van der Waals surface area contributed by atoms with Crippen molar-refractivity contribution in [3.63, 3.8) is 0 Å². The molecule has 7 heterocycles. The van der Waals surface area contributed by atoms with Gasteiger partial charge in [0.1, 0.15) is 11.7 Å². The third-order valence-corrected chi connectivity index (χ3v) is 14.6. The van der Waals surface area contributed by atoms with Gasteiger partial charge in [0.15, 0.2) is 11.6 Å². The quantitative estimate of drug-likeness (QED) is 0.257. The Bertz CT molecular complexity index is 1460. The van der Waals surface area contributed by atoms with Crippen molar-refractivity contribution in [2.45, 2.75) is 184 Å². The lowest BCUT2D eigenvalue weighted by Crippen LogP contribution is -2.60. The number of fused-ring (bicyclic) bond motifs is 6. The van der Waals surface area contributed by atoms with Gasteiger partial charge in [-0.15, -0.1) is 0 Å². The van der Waals surface area contributed by atoms with Gasteiger partial charge in [-0.3, -0.25) is 4.99 Å². The highest BCUT2D eigenvalue weighted by molar-refractivity contribution is 5.93. The number of carboxylic acids is 1. The topological polar surface area (TPSA) is 136 Å². The molecule has 10 heteroatoms. The molecule has 0 amide bonds. The standard InChI is InChI=1S/C41H61NO9/c1-24-8-6-10-32-38(20-25(2)27(4)23-42-32)15-11-28(36(44)45)19-31(38)34-35-33(43)26(3)21-40(49-34,50-35)22-30-9-7-13-39(47-30)16-17-41(51-39)37(5,46)14-12-29(18-24)48-41/h19,25-27,29-31,33-35,43,46H,1,6-18,20-23H2,2-5H3,(H,44,45)/t25-,26+,27-,29-,30+,31+,33+,34-,35+,37+,38+,39+,40+,41+/m1/s1. The third kappa shape index (κ3) is 6.21. The number of aliphatic hydroxyl groups is 2. The van der Waals surface area contributed by atoms with E-state index in [0.29, 0.717) is 68.8 Å². The molecule has 7 aliphatic heterocycles. The van der Waals surface area contributed by atoms with Crippen molar-refractivity contribution in [2.24, 2.45) is 34.1 Å². The molecule has 0 radical (unpaired) electrons. The van der Waals surface area contributed by atoms with Crippen LogP contribution >= 0.6 is 0 Å². The van der Waals surface area contributed by atoms with E-state index < -0.39 is 52.7 Å². The van der Waals surface area contributed by atoms with Crippen molar-refractivity contribution < 1.29 is 43.8 Å². The first-order valence-electron chi connectivity index (χ1n) is 20.1. The minimum Gasteiger partial charge on any atom is -0.478 e. The highest BCUT2D eigenvalue weighted by atomic mass is 16.8. The molecule has 0 aromatic rings. The molecule has 284 valence electrons. The minimum absolute atomic E-state index is 0.0764. The van der Waals surface area contributed by atoms with Crippen LogP contribution in [0.1, 0.15) is 130 Å². The fourth-order valence-corrected chi connectivity index (χ4v) is 11.5. The lowest BCUT2D eigenvalue weighted by atomic mass is 9.57. The fourth-order valence-electron chi connectivity index (χ4n) is 11.5. The lowest BCUT2D eigenvalue weighted by molar-refractivity contribution is -0.403. The van der Waals surface area contributed by atoms with Crippen LogP contribution in [0, 0.1) is 29.1 Å². The molecule has 0 aromatic carbocycles. The Labute approximate surface area is 303 Å². The molecule has 6 saturated heterocycles. The summed E-state index contributed by atoms with van der Waals surface area (Å²) in [6, 6.07) is 0. The van der Waals surface area contributed by atoms with Crippen LogP contribution < -0.4 is 0 Å². The number of hydrogen-bond acceptors (Lipinski definition) is 9. The summed E-state index contributed by atoms with van der Waals surface area (Å²) < 4.78 is 34.8. The summed E-state index contributed by atoms with van der Waals surface area (Å²) in [6.45, 7) is 13.7. The maximum atomic E-state index is 12.6. The van der Waals surface area contributed by atoms with Crippen molar-refractivity contribution in [3.05, 3.63) is 23.8 Å². The molecule has 10 nitrogen and oxygen atoms in total. The second-order valence-corrected chi connectivity index (χ2v) is 18.3. The van der Waals surface area contributed by atoms with Crippen LogP contribution in [0.5, 0.6) is 0 Å². The van der Waals surface area contributed by atoms with Gasteiger partial charge in [-0.25, -0.2) is 4.79 Å². The highest BCUT2D eigenvalue weighted by Gasteiger charge is 2.65. The van der Waals surface area contributed by atoms with Gasteiger partial charge in [-0.2, -0.15) is 0 Å². The molecule has 6 fully saturated rings. The van der Waals surface area contributed by atoms with Gasteiger partial charge >= 0.3 is 5.97 Å². The number of ether oxygens (including phenoxy) is 5. The van der Waals surface area contributed by atoms with Gasteiger partial charge < -0.3 is 39.0 Å². The van der Waals surface area contributed by atoms with E-state index in [1.165, 1.54) is 0 Å². The first-order valence-corrected chi connectivity index (χ1v) is 20.1. The van der Waals surface area contributed by atoms with E-state index >= 15 is 0 Å². The van der Waals surface area contributed by atoms with Gasteiger partial charge in [0, 0.05) is 61.3 Å². The molecule has 0 aromatic heterocycles. The van der Waals surface area contributed by atoms with Crippen LogP contribution in [0.3, 0.4) is 0 Å². The second kappa shape index (κ2) is 13.0. The molecular weight excluding hydrogens is 650 g/mol. The van der Waals surface area contributed by atoms with Crippen LogP contribution in [0.4, 0.5) is 0 Å². The van der Waals surface area contributed by atoms with Crippen LogP contribution in [-0.2, 0) is 28.5 Å². The molecule has 3 N–H and O–H groups in total. The number of aliphatic hydroxyl groups excluding tert-OH is 1. The van der Waals surface area contributed by atoms with E-state index in [-0.39, 0.29) is 24.0 Å². The zero-order valence-electron chi connectivity index (χ0n) is 31.2. The number of nitrogens with zero attached hydrogens (tertiary/aromatic N) is 1. The molecule has 14 atom stereocenters. The van der Waals surface area contributed by atoms with Crippen LogP contribution in [0.25, 0.3) is 0 Å². The number of aliphatic imine (C=N–C) groups is 1. The molecule has 8 rings (SSSR count). The van der Waals surface area contributed by atoms with E-state index in [4.69, 9.17) is 28.7 Å². The summed E-state index contributed by atoms with van der Waals surface area (Å²) in [7, 11) is 0. The molecule has 8 aliphatic rings. The summed E-state index contributed by atoms with van der Waals surface area (Å²) in [5.41, 5.74) is 1.13. The average molecular weight is 712 g/mol. The number of rotatable bonds is 1. The Morgan fingerprint density at radius 2 is 1.65 bits per heavy atom. The largest absolute Gasteiger partial charge is 0.478 e. The number of carboxylic acid groups (broad SMARTS) is 1. The van der Waals surface area contributed by atoms with Crippen molar-refractivity contribution in [1.82, 2.24) is 0 Å². The van der Waals surface area contributed by atoms with E-state index in [1.807, 2.05) is 13.0 Å². The van der Waals surface area contributed by atoms with Crippen LogP contribution in [0.15, 0.2) is 28.8 Å². The van der Waals surface area contributed by atoms with E-state index in [0.717, 1.165) is 69.2 Å². The van der Waals surface area contributed by atoms with Crippen LogP contribution in [0.2, 0.25) is 0 Å². The first-order chi connectivity index (χ1) is 24.2. The smallest absolute Gasteiger partial charge is 0.331 e. The average Bonchev–Trinajstić information content (AvgIpc) is 3.55. The van der Waals surface area contributed by atoms with E-state index in [2.05, 4.69) is 27.4 Å². The molecular formula is C41H61NO9. The predicted molar refractivity (Wildman–Crippen MR) is 190 cm³/mol. The van der Waals surface area contributed by atoms with Crippen LogP contribution in [-0.4, -0.2) is 87.0 Å². The Kier molecular flexibility index (Phi) is 9.25. The van der Waals surface area contributed by atoms with Gasteiger partial charge in [-0.1, -0.05) is 39.0 Å². The summed E-state index contributed by atoms with van der Waals surface area (Å²) in [6.07, 6.45) is 11.0. The number of aliphatic carboxylic acids is 1. The Morgan fingerprint density at radius 1 is 0.843 bits per heavy atom. The number of carbonyl (C=O) groups is 1. The van der Waals surface area contributed by atoms with E-state index in [9.17, 15) is 20.1 Å². The van der Waals surface area contributed by atoms with Crippen molar-refractivity contribution >= 4 is 11.7 Å². The maximum absolute atomic E-state index is 12.6. The van der Waals surface area contributed by atoms with Gasteiger partial charge in [0.25, 0.3) is 0 Å². The normalized spacial score (nSPS) is 51.8. The SMILES string of the molecule is C=C1CCCC2=NC[C@@H](C)[C@H](C)C[C@]23CCC(C(=O)O)=C[C@H]3[C@H]2O[C@@]3(C[C@@H]4CCC[C@]5(CC[C@]6(O[C@H](CC[C@]6(C)O)C1)O5)O4)C[C@H](C)[C@H](O)[C@@H]2O3. The fraction of sp³-hybridized carbons (Fsp3) is 0.854. The third-order valence-electron chi connectivity index (χ3n) is 14.6. The molecule has 0 saturated carbocycles. The van der Waals surface area contributed by atoms with Gasteiger partial charge in [0.2, 0.25) is 5.79 Å². The van der Waals surface area contributed by atoms with Crippen molar-refractivity contribution in [3.8, 4) is 0 Å². The maximum Gasteiger partial charge on any atom is 0.331 e. The molecule has 4 spiro atoms. The molecule has 1 aliphatic carbocycles. The lowest BCUT2D eigenvalue weighted by Gasteiger charge is -2.50. The number of hydrogen-bond donors (Lipinski definition) is 3. The van der Waals surface area contributed by atoms with Crippen molar-refractivity contribution in [1.29, 1.82) is 0 Å². The van der Waals surface area contributed by atoms with E-state index in [1.54, 1.807) is 0 Å². The Balaban J connectivity index is 1.20. The molecule has 7 bridgehead atoms. The summed E-state index contributed by atoms with van der Waals surface area (Å²) in [4.78, 5) is 18.0. The Hall–Kier alpha value is -1.66.